The normalized spacial score (nSPS) is 9.93. The van der Waals surface area contributed by atoms with Gasteiger partial charge in [0.15, 0.2) is 11.5 Å². The molecule has 0 saturated carbocycles. The SMILES string of the molecule is Cc1ccc(C#CCOc2cc(C)ccc2Oc2cccc(C(=O)O)c2)cc1. The first kappa shape index (κ1) is 19.1. The largest absolute Gasteiger partial charge is 0.478 e. The van der Waals surface area contributed by atoms with Gasteiger partial charge < -0.3 is 14.6 Å². The minimum Gasteiger partial charge on any atom is -0.478 e. The highest BCUT2D eigenvalue weighted by Crippen LogP contribution is 2.32. The summed E-state index contributed by atoms with van der Waals surface area (Å²) in [6, 6.07) is 19.9. The number of carboxylic acid groups (broad SMARTS) is 1. The van der Waals surface area contributed by atoms with Crippen LogP contribution in [0.4, 0.5) is 0 Å². The van der Waals surface area contributed by atoms with Gasteiger partial charge in [0, 0.05) is 5.56 Å². The molecule has 0 radical (unpaired) electrons. The zero-order valence-corrected chi connectivity index (χ0v) is 15.7. The molecular formula is C24H20O4. The summed E-state index contributed by atoms with van der Waals surface area (Å²) in [5.74, 6) is 6.55. The quantitative estimate of drug-likeness (QED) is 0.624. The fraction of sp³-hybridized carbons (Fsp3) is 0.125. The molecule has 0 saturated heterocycles. The summed E-state index contributed by atoms with van der Waals surface area (Å²) in [5.41, 5.74) is 3.31. The Labute approximate surface area is 164 Å². The van der Waals surface area contributed by atoms with Crippen molar-refractivity contribution >= 4 is 5.97 Å². The van der Waals surface area contributed by atoms with E-state index in [1.54, 1.807) is 18.2 Å². The number of ether oxygens (including phenoxy) is 2. The second kappa shape index (κ2) is 8.79. The molecule has 0 aromatic heterocycles. The summed E-state index contributed by atoms with van der Waals surface area (Å²) < 4.78 is 11.6. The summed E-state index contributed by atoms with van der Waals surface area (Å²) in [5, 5.41) is 9.12. The molecule has 0 atom stereocenters. The standard InChI is InChI=1S/C24H20O4/c1-17-8-11-19(12-9-17)5-4-14-27-23-15-18(2)10-13-22(23)28-21-7-3-6-20(16-21)24(25)26/h3,6-13,15-16H,14H2,1-2H3,(H,25,26). The lowest BCUT2D eigenvalue weighted by Gasteiger charge is -2.12. The maximum atomic E-state index is 11.1. The van der Waals surface area contributed by atoms with Gasteiger partial charge in [0.25, 0.3) is 0 Å². The highest BCUT2D eigenvalue weighted by molar-refractivity contribution is 5.88. The zero-order chi connectivity index (χ0) is 19.9. The van der Waals surface area contributed by atoms with E-state index in [1.165, 1.54) is 17.7 Å². The first-order valence-corrected chi connectivity index (χ1v) is 8.81. The summed E-state index contributed by atoms with van der Waals surface area (Å²) in [4.78, 5) is 11.1. The molecule has 3 aromatic carbocycles. The first-order valence-electron chi connectivity index (χ1n) is 8.81. The van der Waals surface area contributed by atoms with Crippen LogP contribution < -0.4 is 9.47 Å². The van der Waals surface area contributed by atoms with Crippen molar-refractivity contribution in [2.75, 3.05) is 6.61 Å². The van der Waals surface area contributed by atoms with E-state index in [0.29, 0.717) is 17.2 Å². The molecule has 0 amide bonds. The van der Waals surface area contributed by atoms with Crippen LogP contribution in [0, 0.1) is 25.7 Å². The monoisotopic (exact) mass is 372 g/mol. The van der Waals surface area contributed by atoms with Crippen LogP contribution in [-0.4, -0.2) is 17.7 Å². The molecule has 28 heavy (non-hydrogen) atoms. The minimum atomic E-state index is -1.00. The van der Waals surface area contributed by atoms with Gasteiger partial charge in [0.1, 0.15) is 12.4 Å². The Morgan fingerprint density at radius 1 is 0.929 bits per heavy atom. The van der Waals surface area contributed by atoms with Crippen molar-refractivity contribution in [3.63, 3.8) is 0 Å². The fourth-order valence-electron chi connectivity index (χ4n) is 2.52. The smallest absolute Gasteiger partial charge is 0.335 e. The van der Waals surface area contributed by atoms with Gasteiger partial charge in [-0.3, -0.25) is 0 Å². The van der Waals surface area contributed by atoms with E-state index >= 15 is 0 Å². The number of hydrogen-bond donors (Lipinski definition) is 1. The molecule has 0 bridgehead atoms. The predicted octanol–water partition coefficient (Wildman–Crippen LogP) is 5.22. The number of rotatable bonds is 5. The van der Waals surface area contributed by atoms with Crippen LogP contribution in [0.2, 0.25) is 0 Å². The molecule has 0 aliphatic heterocycles. The Bertz CT molecular complexity index is 1040. The molecule has 0 spiro atoms. The molecule has 0 unspecified atom stereocenters. The van der Waals surface area contributed by atoms with E-state index < -0.39 is 5.97 Å². The van der Waals surface area contributed by atoms with E-state index in [1.807, 2.05) is 50.2 Å². The highest BCUT2D eigenvalue weighted by Gasteiger charge is 2.09. The molecule has 0 heterocycles. The lowest BCUT2D eigenvalue weighted by molar-refractivity contribution is 0.0696. The number of hydrogen-bond acceptors (Lipinski definition) is 3. The van der Waals surface area contributed by atoms with Gasteiger partial charge in [-0.1, -0.05) is 41.7 Å². The lowest BCUT2D eigenvalue weighted by Crippen LogP contribution is -1.99. The topological polar surface area (TPSA) is 55.8 Å². The van der Waals surface area contributed by atoms with Gasteiger partial charge in [-0.25, -0.2) is 4.79 Å². The number of aryl methyl sites for hydroxylation is 2. The Balaban J connectivity index is 1.73. The van der Waals surface area contributed by atoms with Crippen molar-refractivity contribution in [1.82, 2.24) is 0 Å². The molecule has 140 valence electrons. The van der Waals surface area contributed by atoms with E-state index in [4.69, 9.17) is 14.6 Å². The number of benzene rings is 3. The van der Waals surface area contributed by atoms with Gasteiger partial charge in [0.2, 0.25) is 0 Å². The van der Waals surface area contributed by atoms with Crippen LogP contribution in [0.3, 0.4) is 0 Å². The van der Waals surface area contributed by atoms with Gasteiger partial charge in [-0.15, -0.1) is 0 Å². The minimum absolute atomic E-state index is 0.163. The second-order valence-corrected chi connectivity index (χ2v) is 6.34. The molecular weight excluding hydrogens is 352 g/mol. The summed E-state index contributed by atoms with van der Waals surface area (Å²) >= 11 is 0. The Morgan fingerprint density at radius 3 is 2.43 bits per heavy atom. The van der Waals surface area contributed by atoms with Crippen molar-refractivity contribution in [2.24, 2.45) is 0 Å². The third-order valence-electron chi connectivity index (χ3n) is 3.99. The molecule has 0 aliphatic rings. The van der Waals surface area contributed by atoms with Crippen molar-refractivity contribution in [3.05, 3.63) is 89.0 Å². The van der Waals surface area contributed by atoms with Crippen molar-refractivity contribution in [2.45, 2.75) is 13.8 Å². The van der Waals surface area contributed by atoms with Crippen LogP contribution in [0.25, 0.3) is 0 Å². The molecule has 0 fully saturated rings. The Morgan fingerprint density at radius 2 is 1.68 bits per heavy atom. The van der Waals surface area contributed by atoms with E-state index in [2.05, 4.69) is 11.8 Å². The molecule has 1 N–H and O–H groups in total. The molecule has 4 nitrogen and oxygen atoms in total. The Kier molecular flexibility index (Phi) is 5.98. The van der Waals surface area contributed by atoms with Gasteiger partial charge in [-0.05, 0) is 61.9 Å². The molecule has 4 heteroatoms. The third-order valence-corrected chi connectivity index (χ3v) is 3.99. The molecule has 3 rings (SSSR count). The maximum Gasteiger partial charge on any atom is 0.335 e. The summed E-state index contributed by atoms with van der Waals surface area (Å²) in [6.45, 7) is 4.20. The highest BCUT2D eigenvalue weighted by atomic mass is 16.5. The van der Waals surface area contributed by atoms with E-state index in [9.17, 15) is 4.79 Å². The van der Waals surface area contributed by atoms with Gasteiger partial charge >= 0.3 is 5.97 Å². The van der Waals surface area contributed by atoms with Crippen molar-refractivity contribution in [3.8, 4) is 29.1 Å². The number of carboxylic acids is 1. The zero-order valence-electron chi connectivity index (χ0n) is 15.7. The summed E-state index contributed by atoms with van der Waals surface area (Å²) in [7, 11) is 0. The van der Waals surface area contributed by atoms with Gasteiger partial charge in [0.05, 0.1) is 5.56 Å². The molecule has 0 aliphatic carbocycles. The Hall–Kier alpha value is -3.71. The van der Waals surface area contributed by atoms with Crippen molar-refractivity contribution in [1.29, 1.82) is 0 Å². The summed E-state index contributed by atoms with van der Waals surface area (Å²) in [6.07, 6.45) is 0. The van der Waals surface area contributed by atoms with Crippen LogP contribution >= 0.6 is 0 Å². The maximum absolute atomic E-state index is 11.1. The van der Waals surface area contributed by atoms with Crippen molar-refractivity contribution < 1.29 is 19.4 Å². The average molecular weight is 372 g/mol. The first-order chi connectivity index (χ1) is 13.5. The average Bonchev–Trinajstić information content (AvgIpc) is 2.69. The lowest BCUT2D eigenvalue weighted by atomic mass is 10.2. The van der Waals surface area contributed by atoms with Gasteiger partial charge in [-0.2, -0.15) is 0 Å². The second-order valence-electron chi connectivity index (χ2n) is 6.34. The number of carbonyl (C=O) groups is 1. The van der Waals surface area contributed by atoms with E-state index in [0.717, 1.165) is 11.1 Å². The molecule has 3 aromatic rings. The van der Waals surface area contributed by atoms with Crippen LogP contribution in [0.1, 0.15) is 27.0 Å². The van der Waals surface area contributed by atoms with Crippen LogP contribution in [0.15, 0.2) is 66.7 Å². The van der Waals surface area contributed by atoms with E-state index in [-0.39, 0.29) is 12.2 Å². The number of aromatic carboxylic acids is 1. The fourth-order valence-corrected chi connectivity index (χ4v) is 2.52. The van der Waals surface area contributed by atoms with Crippen LogP contribution in [-0.2, 0) is 0 Å². The van der Waals surface area contributed by atoms with Crippen LogP contribution in [0.5, 0.6) is 17.2 Å². The third kappa shape index (κ3) is 5.15. The predicted molar refractivity (Wildman–Crippen MR) is 108 cm³/mol.